The zero-order valence-corrected chi connectivity index (χ0v) is 7.51. The molecule has 11 heavy (non-hydrogen) atoms. The smallest absolute Gasteiger partial charge is 0.0340 e. The van der Waals surface area contributed by atoms with E-state index < -0.39 is 0 Å². The van der Waals surface area contributed by atoms with E-state index in [2.05, 4.69) is 27.7 Å². The molecule has 1 aromatic rings. The Balaban J connectivity index is 2.28. The van der Waals surface area contributed by atoms with Gasteiger partial charge in [-0.2, -0.15) is 0 Å². The first-order chi connectivity index (χ1) is 5.43. The van der Waals surface area contributed by atoms with Crippen LogP contribution in [0, 0.1) is 0 Å². The van der Waals surface area contributed by atoms with Crippen molar-refractivity contribution in [3.05, 3.63) is 30.3 Å². The van der Waals surface area contributed by atoms with Crippen LogP contribution < -0.4 is 5.32 Å². The highest BCUT2D eigenvalue weighted by atomic mass is 28.1. The monoisotopic (exact) mass is 162 g/mol. The third-order valence-electron chi connectivity index (χ3n) is 1.46. The maximum atomic E-state index is 3.43. The first kappa shape index (κ1) is 8.33. The van der Waals surface area contributed by atoms with Gasteiger partial charge >= 0.3 is 0 Å². The quantitative estimate of drug-likeness (QED) is 0.528. The van der Waals surface area contributed by atoms with Crippen molar-refractivity contribution >= 4 is 15.9 Å². The molecule has 0 atom stereocenters. The molecule has 0 spiro atoms. The van der Waals surface area contributed by atoms with Gasteiger partial charge in [0.05, 0.1) is 0 Å². The molecule has 3 radical (unpaired) electrons. The van der Waals surface area contributed by atoms with Gasteiger partial charge in [0.25, 0.3) is 0 Å². The summed E-state index contributed by atoms with van der Waals surface area (Å²) in [6.07, 6.45) is 1.16. The normalized spacial score (nSPS) is 9.55. The molecular weight excluding hydrogens is 150 g/mol. The average Bonchev–Trinajstić information content (AvgIpc) is 2.07. The van der Waals surface area contributed by atoms with Crippen LogP contribution in [0.5, 0.6) is 0 Å². The van der Waals surface area contributed by atoms with Gasteiger partial charge in [0.15, 0.2) is 0 Å². The van der Waals surface area contributed by atoms with Crippen molar-refractivity contribution in [2.75, 3.05) is 11.9 Å². The van der Waals surface area contributed by atoms with Gasteiger partial charge in [-0.15, -0.1) is 0 Å². The van der Waals surface area contributed by atoms with E-state index in [1.54, 1.807) is 0 Å². The SMILES string of the molecule is [Si]CCCNc1ccccc1. The van der Waals surface area contributed by atoms with Crippen molar-refractivity contribution in [1.82, 2.24) is 0 Å². The molecule has 1 rings (SSSR count). The summed E-state index contributed by atoms with van der Waals surface area (Å²) in [6, 6.07) is 11.3. The van der Waals surface area contributed by atoms with Crippen molar-refractivity contribution in [2.45, 2.75) is 12.5 Å². The molecule has 1 N–H and O–H groups in total. The molecule has 0 aromatic heterocycles. The largest absolute Gasteiger partial charge is 0.385 e. The third-order valence-corrected chi connectivity index (χ3v) is 1.81. The zero-order valence-electron chi connectivity index (χ0n) is 6.51. The van der Waals surface area contributed by atoms with Crippen molar-refractivity contribution in [3.63, 3.8) is 0 Å². The van der Waals surface area contributed by atoms with Crippen molar-refractivity contribution in [1.29, 1.82) is 0 Å². The summed E-state index contributed by atoms with van der Waals surface area (Å²) in [6.45, 7) is 1.04. The van der Waals surface area contributed by atoms with E-state index in [0.717, 1.165) is 19.0 Å². The zero-order chi connectivity index (χ0) is 7.94. The van der Waals surface area contributed by atoms with E-state index in [4.69, 9.17) is 0 Å². The summed E-state index contributed by atoms with van der Waals surface area (Å²) in [7, 11) is 3.43. The number of para-hydroxylation sites is 1. The van der Waals surface area contributed by atoms with Gasteiger partial charge in [0.2, 0.25) is 0 Å². The molecule has 0 fully saturated rings. The Labute approximate surface area is 71.2 Å². The fourth-order valence-electron chi connectivity index (χ4n) is 0.877. The van der Waals surface area contributed by atoms with Crippen molar-refractivity contribution in [3.8, 4) is 0 Å². The Morgan fingerprint density at radius 1 is 1.18 bits per heavy atom. The number of anilines is 1. The summed E-state index contributed by atoms with van der Waals surface area (Å²) in [5.41, 5.74) is 1.20. The number of hydrogen-bond donors (Lipinski definition) is 1. The van der Waals surface area contributed by atoms with E-state index >= 15 is 0 Å². The van der Waals surface area contributed by atoms with Crippen LogP contribution in [0.25, 0.3) is 0 Å². The maximum absolute atomic E-state index is 3.43. The van der Waals surface area contributed by atoms with Gasteiger partial charge in [-0.05, 0) is 18.6 Å². The summed E-state index contributed by atoms with van der Waals surface area (Å²) in [5.74, 6) is 0. The Morgan fingerprint density at radius 3 is 2.55 bits per heavy atom. The summed E-state index contributed by atoms with van der Waals surface area (Å²) < 4.78 is 0. The number of nitrogens with one attached hydrogen (secondary N) is 1. The molecular formula is C9H12NSi. The number of rotatable bonds is 4. The Morgan fingerprint density at radius 2 is 1.91 bits per heavy atom. The highest BCUT2D eigenvalue weighted by Gasteiger charge is 1.86. The van der Waals surface area contributed by atoms with Crippen LogP contribution in [-0.2, 0) is 0 Å². The van der Waals surface area contributed by atoms with E-state index in [-0.39, 0.29) is 0 Å². The molecule has 0 aliphatic rings. The minimum Gasteiger partial charge on any atom is -0.385 e. The topological polar surface area (TPSA) is 12.0 Å². The minimum atomic E-state index is 1.04. The van der Waals surface area contributed by atoms with Crippen LogP contribution in [0.1, 0.15) is 6.42 Å². The van der Waals surface area contributed by atoms with Crippen LogP contribution in [0.4, 0.5) is 5.69 Å². The molecule has 1 nitrogen and oxygen atoms in total. The molecule has 57 valence electrons. The van der Waals surface area contributed by atoms with Gasteiger partial charge in [-0.1, -0.05) is 24.2 Å². The van der Waals surface area contributed by atoms with Crippen LogP contribution in [-0.4, -0.2) is 16.8 Å². The summed E-state index contributed by atoms with van der Waals surface area (Å²) >= 11 is 0. The Kier molecular flexibility index (Phi) is 3.76. The molecule has 0 aliphatic carbocycles. The average molecular weight is 162 g/mol. The van der Waals surface area contributed by atoms with E-state index in [9.17, 15) is 0 Å². The van der Waals surface area contributed by atoms with E-state index in [1.807, 2.05) is 18.2 Å². The number of benzene rings is 1. The van der Waals surface area contributed by atoms with Gasteiger partial charge in [0.1, 0.15) is 0 Å². The summed E-state index contributed by atoms with van der Waals surface area (Å²) in [5, 5.41) is 3.31. The van der Waals surface area contributed by atoms with Crippen LogP contribution >= 0.6 is 0 Å². The van der Waals surface area contributed by atoms with E-state index in [1.165, 1.54) is 5.69 Å². The molecule has 0 aliphatic heterocycles. The molecule has 1 aromatic carbocycles. The highest BCUT2D eigenvalue weighted by molar-refractivity contribution is 6.08. The molecule has 0 unspecified atom stereocenters. The highest BCUT2D eigenvalue weighted by Crippen LogP contribution is 2.04. The lowest BCUT2D eigenvalue weighted by molar-refractivity contribution is 0.976. The second-order valence-electron chi connectivity index (χ2n) is 2.40. The molecule has 0 bridgehead atoms. The predicted octanol–water partition coefficient (Wildman–Crippen LogP) is 2.08. The Bertz CT molecular complexity index is 186. The van der Waals surface area contributed by atoms with Crippen LogP contribution in [0.3, 0.4) is 0 Å². The lowest BCUT2D eigenvalue weighted by atomic mass is 10.3. The van der Waals surface area contributed by atoms with Gasteiger partial charge in [-0.3, -0.25) is 0 Å². The molecule has 0 saturated carbocycles. The second kappa shape index (κ2) is 4.96. The fourth-order valence-corrected chi connectivity index (χ4v) is 1.05. The minimum absolute atomic E-state index is 1.04. The van der Waals surface area contributed by atoms with Gasteiger partial charge < -0.3 is 5.32 Å². The maximum Gasteiger partial charge on any atom is 0.0340 e. The first-order valence-electron chi connectivity index (χ1n) is 3.87. The fraction of sp³-hybridized carbons (Fsp3) is 0.333. The first-order valence-corrected chi connectivity index (χ1v) is 4.57. The van der Waals surface area contributed by atoms with Crippen LogP contribution in [0.2, 0.25) is 6.04 Å². The molecule has 0 amide bonds. The second-order valence-corrected chi connectivity index (χ2v) is 2.90. The lowest BCUT2D eigenvalue weighted by Crippen LogP contribution is -2.00. The molecule has 2 heteroatoms. The van der Waals surface area contributed by atoms with Crippen molar-refractivity contribution < 1.29 is 0 Å². The van der Waals surface area contributed by atoms with Crippen LogP contribution in [0.15, 0.2) is 30.3 Å². The van der Waals surface area contributed by atoms with E-state index in [0.29, 0.717) is 0 Å². The molecule has 0 heterocycles. The third kappa shape index (κ3) is 3.23. The Hall–Kier alpha value is -0.763. The number of hydrogen-bond acceptors (Lipinski definition) is 1. The predicted molar refractivity (Wildman–Crippen MR) is 50.1 cm³/mol. The standard InChI is InChI=1S/C9H12NSi/c11-8-4-7-10-9-5-2-1-3-6-9/h1-3,5-6,10H,4,7-8H2. The van der Waals surface area contributed by atoms with Gasteiger partial charge in [-0.25, -0.2) is 0 Å². The van der Waals surface area contributed by atoms with Gasteiger partial charge in [0, 0.05) is 22.5 Å². The summed E-state index contributed by atoms with van der Waals surface area (Å²) in [4.78, 5) is 0. The van der Waals surface area contributed by atoms with Crippen molar-refractivity contribution in [2.24, 2.45) is 0 Å². The molecule has 0 saturated heterocycles. The lowest BCUT2D eigenvalue weighted by Gasteiger charge is -2.03.